The van der Waals surface area contributed by atoms with Gasteiger partial charge in [-0.2, -0.15) is 0 Å². The zero-order chi connectivity index (χ0) is 18.6. The highest BCUT2D eigenvalue weighted by Gasteiger charge is 2.40. The Morgan fingerprint density at radius 3 is 2.17 bits per heavy atom. The Hall–Kier alpha value is -1.96. The number of carbonyl (C=O) groups is 2. The van der Waals surface area contributed by atoms with Crippen LogP contribution in [0.4, 0.5) is 0 Å². The summed E-state index contributed by atoms with van der Waals surface area (Å²) in [6.07, 6.45) is -11.9. The minimum atomic E-state index is -2.32. The molecule has 6 atom stereocenters. The number of aliphatic hydroxyl groups excluding tert-OH is 8. The van der Waals surface area contributed by atoms with Crippen LogP contribution in [-0.4, -0.2) is 103 Å². The van der Waals surface area contributed by atoms with Crippen molar-refractivity contribution in [3.63, 3.8) is 0 Å². The van der Waals surface area contributed by atoms with Crippen molar-refractivity contribution in [3.8, 4) is 0 Å². The van der Waals surface area contributed by atoms with E-state index in [0.717, 1.165) is 0 Å². The van der Waals surface area contributed by atoms with Gasteiger partial charge in [0.2, 0.25) is 5.76 Å². The summed E-state index contributed by atoms with van der Waals surface area (Å²) in [6.45, 7) is -1.85. The van der Waals surface area contributed by atoms with Crippen LogP contribution < -0.4 is 0 Å². The molecule has 0 bridgehead atoms. The van der Waals surface area contributed by atoms with E-state index in [4.69, 9.17) is 15.3 Å². The fourth-order valence-corrected chi connectivity index (χ4v) is 1.73. The third-order valence-electron chi connectivity index (χ3n) is 3.18. The van der Waals surface area contributed by atoms with Crippen LogP contribution in [0, 0.1) is 0 Å². The molecule has 8 N–H and O–H groups in total. The van der Waals surface area contributed by atoms with Crippen molar-refractivity contribution in [2.75, 3.05) is 13.2 Å². The zero-order valence-corrected chi connectivity index (χ0v) is 12.1. The van der Waals surface area contributed by atoms with Crippen LogP contribution >= 0.6 is 0 Å². The van der Waals surface area contributed by atoms with E-state index >= 15 is 0 Å². The smallest absolute Gasteiger partial charge is 0.377 e. The fraction of sp³-hybridized carbons (Fsp3) is 0.667. The molecule has 0 radical (unpaired) electrons. The molecule has 24 heavy (non-hydrogen) atoms. The molecule has 0 aromatic heterocycles. The predicted octanol–water partition coefficient (Wildman–Crippen LogP) is -4.42. The van der Waals surface area contributed by atoms with Gasteiger partial charge >= 0.3 is 11.9 Å². The Morgan fingerprint density at radius 2 is 1.71 bits per heavy atom. The lowest BCUT2D eigenvalue weighted by molar-refractivity contribution is -0.175. The topological polar surface area (TPSA) is 214 Å². The Morgan fingerprint density at radius 1 is 1.12 bits per heavy atom. The molecule has 0 saturated heterocycles. The number of ether oxygens (including phenoxy) is 2. The van der Waals surface area contributed by atoms with E-state index in [0.29, 0.717) is 0 Å². The lowest BCUT2D eigenvalue weighted by atomic mass is 10.0. The van der Waals surface area contributed by atoms with E-state index in [-0.39, 0.29) is 0 Å². The Labute approximate surface area is 134 Å². The molecule has 1 heterocycles. The van der Waals surface area contributed by atoms with Gasteiger partial charge in [0.05, 0.1) is 6.61 Å². The third kappa shape index (κ3) is 4.31. The molecule has 0 unspecified atom stereocenters. The molecule has 1 aliphatic heterocycles. The zero-order valence-electron chi connectivity index (χ0n) is 12.1. The summed E-state index contributed by atoms with van der Waals surface area (Å²) in [5.41, 5.74) is 0. The van der Waals surface area contributed by atoms with Crippen molar-refractivity contribution in [3.05, 3.63) is 11.5 Å². The average Bonchev–Trinajstić information content (AvgIpc) is 2.83. The molecular weight excluding hydrogens is 336 g/mol. The summed E-state index contributed by atoms with van der Waals surface area (Å²) in [4.78, 5) is 22.4. The van der Waals surface area contributed by atoms with Crippen molar-refractivity contribution in [1.29, 1.82) is 0 Å². The highest BCUT2D eigenvalue weighted by atomic mass is 16.6. The van der Waals surface area contributed by atoms with E-state index in [1.54, 1.807) is 0 Å². The lowest BCUT2D eigenvalue weighted by Crippen LogP contribution is -2.49. The minimum absolute atomic E-state index is 0.906. The Balaban J connectivity index is 2.55. The predicted molar refractivity (Wildman–Crippen MR) is 70.2 cm³/mol. The third-order valence-corrected chi connectivity index (χ3v) is 3.18. The molecule has 0 amide bonds. The van der Waals surface area contributed by atoms with Gasteiger partial charge in [-0.05, 0) is 0 Å². The number of aliphatic hydroxyl groups is 8. The first kappa shape index (κ1) is 20.1. The minimum Gasteiger partial charge on any atom is -0.505 e. The van der Waals surface area contributed by atoms with Gasteiger partial charge in [0.1, 0.15) is 31.0 Å². The van der Waals surface area contributed by atoms with Crippen LogP contribution in [-0.2, 0) is 19.1 Å². The number of cyclic esters (lactones) is 1. The maximum Gasteiger partial charge on any atom is 0.377 e. The normalized spacial score (nSPS) is 24.1. The van der Waals surface area contributed by atoms with Crippen molar-refractivity contribution in [1.82, 2.24) is 0 Å². The first-order valence-corrected chi connectivity index (χ1v) is 6.62. The molecule has 0 fully saturated rings. The molecule has 0 saturated carbocycles. The maximum absolute atomic E-state index is 11.5. The van der Waals surface area contributed by atoms with Gasteiger partial charge < -0.3 is 50.3 Å². The van der Waals surface area contributed by atoms with E-state index < -0.39 is 73.3 Å². The second kappa shape index (κ2) is 8.23. The van der Waals surface area contributed by atoms with Crippen molar-refractivity contribution in [2.45, 2.75) is 36.6 Å². The average molecular weight is 354 g/mol. The highest BCUT2D eigenvalue weighted by Crippen LogP contribution is 2.21. The largest absolute Gasteiger partial charge is 0.505 e. The van der Waals surface area contributed by atoms with Gasteiger partial charge in [-0.3, -0.25) is 0 Å². The fourth-order valence-electron chi connectivity index (χ4n) is 1.73. The van der Waals surface area contributed by atoms with Crippen molar-refractivity contribution < 1.29 is 59.9 Å². The summed E-state index contributed by atoms with van der Waals surface area (Å²) in [6, 6.07) is 0. The summed E-state index contributed by atoms with van der Waals surface area (Å²) in [7, 11) is 0. The van der Waals surface area contributed by atoms with Crippen molar-refractivity contribution in [2.24, 2.45) is 0 Å². The molecule has 0 aromatic carbocycles. The highest BCUT2D eigenvalue weighted by molar-refractivity contribution is 5.89. The number of esters is 2. The van der Waals surface area contributed by atoms with E-state index in [1.165, 1.54) is 0 Å². The number of rotatable bonds is 8. The van der Waals surface area contributed by atoms with Gasteiger partial charge in [0, 0.05) is 0 Å². The maximum atomic E-state index is 11.5. The monoisotopic (exact) mass is 354 g/mol. The van der Waals surface area contributed by atoms with Crippen LogP contribution in [0.15, 0.2) is 11.5 Å². The second-order valence-electron chi connectivity index (χ2n) is 4.93. The van der Waals surface area contributed by atoms with Gasteiger partial charge in [0.15, 0.2) is 18.0 Å². The SMILES string of the molecule is O=C1O[C@H]([C@@H](O)COC(=O)[C@@H](O)[C@@H](O)[C@H](O)[C@H](O)CO)C(O)=C1O. The number of carbonyl (C=O) groups excluding carboxylic acids is 2. The van der Waals surface area contributed by atoms with Crippen molar-refractivity contribution >= 4 is 11.9 Å². The second-order valence-corrected chi connectivity index (χ2v) is 4.93. The molecule has 1 rings (SSSR count). The molecule has 12 heteroatoms. The molecule has 12 nitrogen and oxygen atoms in total. The van der Waals surface area contributed by atoms with Crippen LogP contribution in [0.5, 0.6) is 0 Å². The summed E-state index contributed by atoms with van der Waals surface area (Å²) < 4.78 is 8.83. The summed E-state index contributed by atoms with van der Waals surface area (Å²) in [5, 5.41) is 74.0. The van der Waals surface area contributed by atoms with E-state index in [2.05, 4.69) is 9.47 Å². The van der Waals surface area contributed by atoms with Crippen LogP contribution in [0.25, 0.3) is 0 Å². The first-order valence-electron chi connectivity index (χ1n) is 6.62. The van der Waals surface area contributed by atoms with Crippen LogP contribution in [0.3, 0.4) is 0 Å². The van der Waals surface area contributed by atoms with Gasteiger partial charge in [0.25, 0.3) is 0 Å². The Kier molecular flexibility index (Phi) is 6.89. The standard InChI is InChI=1S/C12H18O12/c13-1-3(14)5(16)6(17)8(19)11(21)23-2-4(15)10-7(18)9(20)12(22)24-10/h3-6,8,10,13-20H,1-2H2/t3-,4+,5-,6+,8+,10-/m1/s1. The molecule has 0 aromatic rings. The Bertz CT molecular complexity index is 502. The number of hydrogen-bond donors (Lipinski definition) is 8. The van der Waals surface area contributed by atoms with E-state index in [1.807, 2.05) is 0 Å². The van der Waals surface area contributed by atoms with Gasteiger partial charge in [-0.1, -0.05) is 0 Å². The first-order chi connectivity index (χ1) is 11.1. The summed E-state index contributed by atoms with van der Waals surface area (Å²) >= 11 is 0. The quantitative estimate of drug-likeness (QED) is 0.194. The summed E-state index contributed by atoms with van der Waals surface area (Å²) in [5.74, 6) is -4.88. The molecule has 1 aliphatic rings. The molecular formula is C12H18O12. The lowest BCUT2D eigenvalue weighted by Gasteiger charge is -2.25. The molecule has 0 spiro atoms. The van der Waals surface area contributed by atoms with E-state index in [9.17, 15) is 35.1 Å². The molecule has 0 aliphatic carbocycles. The van der Waals surface area contributed by atoms with Gasteiger partial charge in [-0.25, -0.2) is 9.59 Å². The molecule has 138 valence electrons. The van der Waals surface area contributed by atoms with Crippen LogP contribution in [0.1, 0.15) is 0 Å². The van der Waals surface area contributed by atoms with Crippen LogP contribution in [0.2, 0.25) is 0 Å². The number of hydrogen-bond acceptors (Lipinski definition) is 12. The van der Waals surface area contributed by atoms with Gasteiger partial charge in [-0.15, -0.1) is 0 Å².